The molecule has 0 bridgehead atoms. The summed E-state index contributed by atoms with van der Waals surface area (Å²) in [7, 11) is 0. The molecule has 1 aromatic heterocycles. The van der Waals surface area contributed by atoms with Crippen LogP contribution in [0.25, 0.3) is 11.3 Å². The van der Waals surface area contributed by atoms with Crippen LogP contribution in [0.15, 0.2) is 24.4 Å². The van der Waals surface area contributed by atoms with Gasteiger partial charge < -0.3 is 10.3 Å². The number of nitrogens with one attached hydrogen (secondary N) is 2. The molecule has 3 rings (SSSR count). The molecule has 1 aliphatic rings. The van der Waals surface area contributed by atoms with Crippen molar-refractivity contribution < 1.29 is 4.39 Å². The number of aromatic nitrogens is 2. The molecule has 2 N–H and O–H groups in total. The van der Waals surface area contributed by atoms with E-state index in [4.69, 9.17) is 11.6 Å². The quantitative estimate of drug-likeness (QED) is 0.876. The number of aromatic amines is 1. The van der Waals surface area contributed by atoms with Crippen LogP contribution >= 0.6 is 11.6 Å². The van der Waals surface area contributed by atoms with Crippen LogP contribution in [0.3, 0.4) is 0 Å². The summed E-state index contributed by atoms with van der Waals surface area (Å²) in [6.45, 7) is 1.03. The van der Waals surface area contributed by atoms with Crippen molar-refractivity contribution in [3.8, 4) is 11.3 Å². The Morgan fingerprint density at radius 3 is 3.00 bits per heavy atom. The molecule has 3 nitrogen and oxygen atoms in total. The standard InChI is InChI=1S/C15H17ClFN3/c16-12-8-10(17)5-6-11(12)14-9-19-15(20-14)13-4-2-1-3-7-18-13/h5-6,8-9,13,18H,1-4,7H2,(H,19,20). The minimum atomic E-state index is -0.330. The molecule has 0 amide bonds. The molecule has 2 heterocycles. The minimum Gasteiger partial charge on any atom is -0.341 e. The van der Waals surface area contributed by atoms with Gasteiger partial charge in [-0.25, -0.2) is 9.37 Å². The number of imidazole rings is 1. The first-order valence-electron chi connectivity index (χ1n) is 6.98. The topological polar surface area (TPSA) is 40.7 Å². The zero-order valence-corrected chi connectivity index (χ0v) is 11.9. The zero-order valence-electron chi connectivity index (χ0n) is 11.1. The number of halogens is 2. The Balaban J connectivity index is 1.85. The van der Waals surface area contributed by atoms with Crippen molar-refractivity contribution >= 4 is 11.6 Å². The molecule has 1 fully saturated rings. The number of hydrogen-bond donors (Lipinski definition) is 2. The highest BCUT2D eigenvalue weighted by atomic mass is 35.5. The van der Waals surface area contributed by atoms with Crippen LogP contribution in [0.5, 0.6) is 0 Å². The van der Waals surface area contributed by atoms with Gasteiger partial charge in [-0.3, -0.25) is 0 Å². The minimum absolute atomic E-state index is 0.269. The lowest BCUT2D eigenvalue weighted by Gasteiger charge is -2.12. The van der Waals surface area contributed by atoms with E-state index in [1.165, 1.54) is 31.4 Å². The number of benzene rings is 1. The van der Waals surface area contributed by atoms with E-state index in [-0.39, 0.29) is 11.9 Å². The molecule has 0 spiro atoms. The summed E-state index contributed by atoms with van der Waals surface area (Å²) in [5.74, 6) is 0.603. The molecule has 0 aliphatic carbocycles. The largest absolute Gasteiger partial charge is 0.341 e. The van der Waals surface area contributed by atoms with Crippen molar-refractivity contribution in [1.29, 1.82) is 0 Å². The molecule has 0 saturated carbocycles. The third kappa shape index (κ3) is 2.86. The van der Waals surface area contributed by atoms with Crippen LogP contribution in [0, 0.1) is 5.82 Å². The van der Waals surface area contributed by atoms with Gasteiger partial charge in [-0.1, -0.05) is 24.4 Å². The van der Waals surface area contributed by atoms with E-state index in [9.17, 15) is 4.39 Å². The van der Waals surface area contributed by atoms with Crippen molar-refractivity contribution in [2.45, 2.75) is 31.7 Å². The predicted octanol–water partition coefficient (Wildman–Crippen LogP) is 4.07. The van der Waals surface area contributed by atoms with Crippen LogP contribution in [-0.2, 0) is 0 Å². The lowest BCUT2D eigenvalue weighted by atomic mass is 10.1. The van der Waals surface area contributed by atoms with Crippen LogP contribution in [0.1, 0.15) is 37.5 Å². The first kappa shape index (κ1) is 13.6. The highest BCUT2D eigenvalue weighted by Gasteiger charge is 2.17. The summed E-state index contributed by atoms with van der Waals surface area (Å²) in [6, 6.07) is 4.67. The van der Waals surface area contributed by atoms with Crippen LogP contribution < -0.4 is 5.32 Å². The Morgan fingerprint density at radius 1 is 1.25 bits per heavy atom. The van der Waals surface area contributed by atoms with Gasteiger partial charge in [0.1, 0.15) is 11.6 Å². The van der Waals surface area contributed by atoms with Crippen LogP contribution in [-0.4, -0.2) is 16.5 Å². The Bertz CT molecular complexity index is 589. The Morgan fingerprint density at radius 2 is 2.15 bits per heavy atom. The summed E-state index contributed by atoms with van der Waals surface area (Å²) in [5.41, 5.74) is 1.61. The molecule has 20 heavy (non-hydrogen) atoms. The van der Waals surface area contributed by atoms with E-state index in [0.717, 1.165) is 30.0 Å². The van der Waals surface area contributed by atoms with E-state index >= 15 is 0 Å². The second kappa shape index (κ2) is 5.94. The van der Waals surface area contributed by atoms with Crippen LogP contribution in [0.4, 0.5) is 4.39 Å². The average molecular weight is 294 g/mol. The van der Waals surface area contributed by atoms with Gasteiger partial charge in [0.2, 0.25) is 0 Å². The first-order valence-corrected chi connectivity index (χ1v) is 7.35. The number of rotatable bonds is 2. The van der Waals surface area contributed by atoms with Crippen molar-refractivity contribution in [3.05, 3.63) is 41.1 Å². The molecule has 0 radical (unpaired) electrons. The van der Waals surface area contributed by atoms with Gasteiger partial charge in [0.05, 0.1) is 23.0 Å². The molecule has 106 valence electrons. The normalized spacial score (nSPS) is 19.8. The average Bonchev–Trinajstić information content (AvgIpc) is 2.74. The van der Waals surface area contributed by atoms with E-state index < -0.39 is 0 Å². The lowest BCUT2D eigenvalue weighted by Crippen LogP contribution is -2.21. The smallest absolute Gasteiger partial charge is 0.124 e. The highest BCUT2D eigenvalue weighted by Crippen LogP contribution is 2.29. The van der Waals surface area contributed by atoms with E-state index in [0.29, 0.717) is 5.02 Å². The molecular weight excluding hydrogens is 277 g/mol. The lowest BCUT2D eigenvalue weighted by molar-refractivity contribution is 0.512. The fourth-order valence-electron chi connectivity index (χ4n) is 2.62. The zero-order chi connectivity index (χ0) is 13.9. The van der Waals surface area contributed by atoms with E-state index in [1.54, 1.807) is 12.3 Å². The van der Waals surface area contributed by atoms with Gasteiger partial charge >= 0.3 is 0 Å². The summed E-state index contributed by atoms with van der Waals surface area (Å²) in [5, 5.41) is 3.90. The number of nitrogens with zero attached hydrogens (tertiary/aromatic N) is 1. The van der Waals surface area contributed by atoms with Crippen molar-refractivity contribution in [2.24, 2.45) is 0 Å². The predicted molar refractivity (Wildman–Crippen MR) is 78.2 cm³/mol. The summed E-state index contributed by atoms with van der Waals surface area (Å²) in [4.78, 5) is 7.76. The molecule has 5 heteroatoms. The summed E-state index contributed by atoms with van der Waals surface area (Å²) in [6.07, 6.45) is 6.55. The van der Waals surface area contributed by atoms with Gasteiger partial charge in [-0.05, 0) is 37.6 Å². The SMILES string of the molecule is Fc1ccc(-c2cnc(C3CCCCCN3)[nH]2)c(Cl)c1. The Hall–Kier alpha value is -1.39. The highest BCUT2D eigenvalue weighted by molar-refractivity contribution is 6.33. The molecule has 1 aliphatic heterocycles. The van der Waals surface area contributed by atoms with E-state index in [2.05, 4.69) is 15.3 Å². The molecule has 2 aromatic rings. The number of hydrogen-bond acceptors (Lipinski definition) is 2. The third-order valence-electron chi connectivity index (χ3n) is 3.71. The van der Waals surface area contributed by atoms with Gasteiger partial charge in [0.15, 0.2) is 0 Å². The van der Waals surface area contributed by atoms with Crippen molar-refractivity contribution in [1.82, 2.24) is 15.3 Å². The van der Waals surface area contributed by atoms with Gasteiger partial charge in [-0.15, -0.1) is 0 Å². The van der Waals surface area contributed by atoms with Gasteiger partial charge in [0, 0.05) is 5.56 Å². The van der Waals surface area contributed by atoms with Crippen molar-refractivity contribution in [3.63, 3.8) is 0 Å². The number of H-pyrrole nitrogens is 1. The first-order chi connectivity index (χ1) is 9.74. The second-order valence-electron chi connectivity index (χ2n) is 5.16. The summed E-state index contributed by atoms with van der Waals surface area (Å²) < 4.78 is 13.1. The molecule has 1 unspecified atom stereocenters. The van der Waals surface area contributed by atoms with Gasteiger partial charge in [-0.2, -0.15) is 0 Å². The maximum absolute atomic E-state index is 13.1. The Kier molecular flexibility index (Phi) is 4.03. The molecule has 1 saturated heterocycles. The molecule has 1 atom stereocenters. The summed E-state index contributed by atoms with van der Waals surface area (Å²) >= 11 is 6.08. The monoisotopic (exact) mass is 293 g/mol. The van der Waals surface area contributed by atoms with Crippen LogP contribution in [0.2, 0.25) is 5.02 Å². The molecule has 1 aromatic carbocycles. The fourth-order valence-corrected chi connectivity index (χ4v) is 2.89. The Labute approximate surface area is 122 Å². The fraction of sp³-hybridized carbons (Fsp3) is 0.400. The maximum Gasteiger partial charge on any atom is 0.124 e. The van der Waals surface area contributed by atoms with Crippen molar-refractivity contribution in [2.75, 3.05) is 6.54 Å². The second-order valence-corrected chi connectivity index (χ2v) is 5.57. The maximum atomic E-state index is 13.1. The third-order valence-corrected chi connectivity index (χ3v) is 4.02. The van der Waals surface area contributed by atoms with Gasteiger partial charge in [0.25, 0.3) is 0 Å². The molecular formula is C15H17ClFN3. The van der Waals surface area contributed by atoms with E-state index in [1.807, 2.05) is 0 Å².